The first-order valence-corrected chi connectivity index (χ1v) is 7.64. The van der Waals surface area contributed by atoms with E-state index in [0.29, 0.717) is 18.4 Å². The average Bonchev–Trinajstić information content (AvgIpc) is 3.26. The number of methoxy groups -OCH3 is 1. The van der Waals surface area contributed by atoms with Gasteiger partial charge in [0.05, 0.1) is 7.11 Å². The second-order valence-corrected chi connectivity index (χ2v) is 6.19. The monoisotopic (exact) mass is 282 g/mol. The number of carbonyl (C=O) groups is 2. The van der Waals surface area contributed by atoms with Crippen LogP contribution in [0.25, 0.3) is 0 Å². The fraction of sp³-hybridized carbons (Fsp3) is 0.867. The van der Waals surface area contributed by atoms with Gasteiger partial charge in [0.1, 0.15) is 0 Å². The van der Waals surface area contributed by atoms with Gasteiger partial charge in [-0.3, -0.25) is 9.59 Å². The van der Waals surface area contributed by atoms with Gasteiger partial charge in [0.2, 0.25) is 5.91 Å². The minimum Gasteiger partial charge on any atom is -0.469 e. The maximum Gasteiger partial charge on any atom is 0.305 e. The quantitative estimate of drug-likeness (QED) is 0.743. The molecule has 0 aromatic rings. The molecule has 0 aromatic heterocycles. The van der Waals surface area contributed by atoms with Crippen molar-refractivity contribution >= 4 is 11.9 Å². The minimum atomic E-state index is -0.160. The fourth-order valence-electron chi connectivity index (χ4n) is 2.90. The third-order valence-electron chi connectivity index (χ3n) is 4.36. The highest BCUT2D eigenvalue weighted by Crippen LogP contribution is 2.28. The van der Waals surface area contributed by atoms with Crippen molar-refractivity contribution in [3.8, 4) is 0 Å². The zero-order chi connectivity index (χ0) is 14.5. The number of ether oxygens (including phenoxy) is 1. The third-order valence-corrected chi connectivity index (χ3v) is 4.36. The van der Waals surface area contributed by atoms with Crippen LogP contribution in [-0.2, 0) is 14.3 Å². The van der Waals surface area contributed by atoms with Gasteiger partial charge in [-0.2, -0.15) is 0 Å². The number of hydrogen-bond donors (Lipinski definition) is 1. The maximum atomic E-state index is 11.6. The molecule has 0 bridgehead atoms. The molecule has 5 heteroatoms. The number of piperidine rings is 1. The lowest BCUT2D eigenvalue weighted by molar-refractivity contribution is -0.141. The summed E-state index contributed by atoms with van der Waals surface area (Å²) in [5, 5.41) is 3.59. The number of likely N-dealkylation sites (tertiary alicyclic amines) is 1. The van der Waals surface area contributed by atoms with Gasteiger partial charge < -0.3 is 15.0 Å². The summed E-state index contributed by atoms with van der Waals surface area (Å²) in [6, 6.07) is 0.371. The highest BCUT2D eigenvalue weighted by atomic mass is 16.5. The molecule has 1 aliphatic heterocycles. The predicted molar refractivity (Wildman–Crippen MR) is 76.1 cm³/mol. The van der Waals surface area contributed by atoms with Crippen LogP contribution < -0.4 is 5.32 Å². The molecule has 0 radical (unpaired) electrons. The molecule has 2 unspecified atom stereocenters. The number of amides is 1. The van der Waals surface area contributed by atoms with Crippen LogP contribution in [0.1, 0.15) is 39.0 Å². The molecule has 0 aromatic carbocycles. The van der Waals surface area contributed by atoms with Crippen molar-refractivity contribution in [2.75, 3.05) is 26.7 Å². The summed E-state index contributed by atoms with van der Waals surface area (Å²) in [6.07, 6.45) is 4.97. The topological polar surface area (TPSA) is 58.6 Å². The van der Waals surface area contributed by atoms with Gasteiger partial charge in [0, 0.05) is 32.5 Å². The smallest absolute Gasteiger partial charge is 0.305 e. The molecule has 2 atom stereocenters. The molecule has 20 heavy (non-hydrogen) atoms. The Morgan fingerprint density at radius 1 is 1.25 bits per heavy atom. The Labute approximate surface area is 121 Å². The summed E-state index contributed by atoms with van der Waals surface area (Å²) in [7, 11) is 1.42. The molecule has 2 aliphatic rings. The highest BCUT2D eigenvalue weighted by Gasteiger charge is 2.30. The summed E-state index contributed by atoms with van der Waals surface area (Å²) in [5.74, 6) is 1.21. The number of esters is 1. The van der Waals surface area contributed by atoms with E-state index in [9.17, 15) is 9.59 Å². The summed E-state index contributed by atoms with van der Waals surface area (Å²) in [6.45, 7) is 4.27. The third kappa shape index (κ3) is 4.78. The molecule has 1 N–H and O–H groups in total. The van der Waals surface area contributed by atoms with Crippen molar-refractivity contribution in [2.24, 2.45) is 11.8 Å². The lowest BCUT2D eigenvalue weighted by atomic mass is 9.90. The van der Waals surface area contributed by atoms with E-state index in [2.05, 4.69) is 5.32 Å². The van der Waals surface area contributed by atoms with E-state index in [4.69, 9.17) is 4.74 Å². The van der Waals surface area contributed by atoms with Crippen molar-refractivity contribution in [2.45, 2.75) is 45.1 Å². The molecule has 1 amide bonds. The molecule has 1 saturated heterocycles. The summed E-state index contributed by atoms with van der Waals surface area (Å²) in [5.41, 5.74) is 0. The fourth-order valence-corrected chi connectivity index (χ4v) is 2.90. The standard InChI is InChI=1S/C15H26N2O3/c1-11(18)17-9-13(5-6-15(19)20-2)7-14(10-17)16-8-12-3-4-12/h12-14,16H,3-10H2,1-2H3. The minimum absolute atomic E-state index is 0.131. The van der Waals surface area contributed by atoms with Gasteiger partial charge in [-0.25, -0.2) is 0 Å². The van der Waals surface area contributed by atoms with Gasteiger partial charge in [0.25, 0.3) is 0 Å². The van der Waals surface area contributed by atoms with E-state index in [1.807, 2.05) is 4.90 Å². The van der Waals surface area contributed by atoms with Gasteiger partial charge in [-0.15, -0.1) is 0 Å². The van der Waals surface area contributed by atoms with Crippen LogP contribution in [0.5, 0.6) is 0 Å². The van der Waals surface area contributed by atoms with Crippen LogP contribution in [0.15, 0.2) is 0 Å². The van der Waals surface area contributed by atoms with Crippen molar-refractivity contribution in [3.05, 3.63) is 0 Å². The molecule has 0 spiro atoms. The van der Waals surface area contributed by atoms with Crippen LogP contribution in [-0.4, -0.2) is 49.6 Å². The van der Waals surface area contributed by atoms with E-state index < -0.39 is 0 Å². The molecular formula is C15H26N2O3. The van der Waals surface area contributed by atoms with Crippen LogP contribution >= 0.6 is 0 Å². The Balaban J connectivity index is 1.82. The Hall–Kier alpha value is -1.10. The summed E-state index contributed by atoms with van der Waals surface area (Å²) in [4.78, 5) is 24.8. The van der Waals surface area contributed by atoms with Gasteiger partial charge in [-0.05, 0) is 44.1 Å². The van der Waals surface area contributed by atoms with Crippen molar-refractivity contribution in [1.82, 2.24) is 10.2 Å². The molecule has 114 valence electrons. The van der Waals surface area contributed by atoms with Crippen molar-refractivity contribution in [1.29, 1.82) is 0 Å². The van der Waals surface area contributed by atoms with Crippen molar-refractivity contribution < 1.29 is 14.3 Å². The van der Waals surface area contributed by atoms with Crippen LogP contribution in [0.2, 0.25) is 0 Å². The lowest BCUT2D eigenvalue weighted by Crippen LogP contribution is -2.51. The SMILES string of the molecule is COC(=O)CCC1CC(NCC2CC2)CN(C(C)=O)C1. The zero-order valence-corrected chi connectivity index (χ0v) is 12.6. The molecule has 1 saturated carbocycles. The first-order chi connectivity index (χ1) is 9.58. The lowest BCUT2D eigenvalue weighted by Gasteiger charge is -2.38. The summed E-state index contributed by atoms with van der Waals surface area (Å²) >= 11 is 0. The van der Waals surface area contributed by atoms with E-state index in [1.165, 1.54) is 20.0 Å². The zero-order valence-electron chi connectivity index (χ0n) is 12.6. The molecule has 2 rings (SSSR count). The number of hydrogen-bond acceptors (Lipinski definition) is 4. The van der Waals surface area contributed by atoms with E-state index >= 15 is 0 Å². The highest BCUT2D eigenvalue weighted by molar-refractivity contribution is 5.73. The van der Waals surface area contributed by atoms with Gasteiger partial charge in [-0.1, -0.05) is 0 Å². The van der Waals surface area contributed by atoms with Gasteiger partial charge >= 0.3 is 5.97 Å². The number of rotatable bonds is 6. The molecule has 2 fully saturated rings. The second kappa shape index (κ2) is 7.07. The second-order valence-electron chi connectivity index (χ2n) is 6.19. The molecular weight excluding hydrogens is 256 g/mol. The Bertz CT molecular complexity index is 355. The molecule has 5 nitrogen and oxygen atoms in total. The number of nitrogens with one attached hydrogen (secondary N) is 1. The van der Waals surface area contributed by atoms with Crippen LogP contribution in [0.3, 0.4) is 0 Å². The molecule has 1 aliphatic carbocycles. The predicted octanol–water partition coefficient (Wildman–Crippen LogP) is 1.18. The van der Waals surface area contributed by atoms with E-state index in [-0.39, 0.29) is 11.9 Å². The van der Waals surface area contributed by atoms with Crippen molar-refractivity contribution in [3.63, 3.8) is 0 Å². The van der Waals surface area contributed by atoms with E-state index in [1.54, 1.807) is 6.92 Å². The average molecular weight is 282 g/mol. The van der Waals surface area contributed by atoms with Gasteiger partial charge in [0.15, 0.2) is 0 Å². The Morgan fingerprint density at radius 3 is 2.60 bits per heavy atom. The first-order valence-electron chi connectivity index (χ1n) is 7.64. The Kier molecular flexibility index (Phi) is 5.40. The maximum absolute atomic E-state index is 11.6. The normalized spacial score (nSPS) is 26.4. The largest absolute Gasteiger partial charge is 0.469 e. The summed E-state index contributed by atoms with van der Waals surface area (Å²) < 4.78 is 4.69. The number of nitrogens with zero attached hydrogens (tertiary/aromatic N) is 1. The molecule has 1 heterocycles. The number of carbonyl (C=O) groups excluding carboxylic acids is 2. The Morgan fingerprint density at radius 2 is 2.00 bits per heavy atom. The first kappa shape index (κ1) is 15.3. The van der Waals surface area contributed by atoms with E-state index in [0.717, 1.165) is 38.4 Å². The van der Waals surface area contributed by atoms with Crippen LogP contribution in [0.4, 0.5) is 0 Å². The van der Waals surface area contributed by atoms with Crippen LogP contribution in [0, 0.1) is 11.8 Å².